The zero-order chi connectivity index (χ0) is 37.8. The number of rotatable bonds is 19. The maximum Gasteiger partial charge on any atom is 0.363 e. The van der Waals surface area contributed by atoms with Crippen molar-refractivity contribution in [2.45, 2.75) is 71.8 Å². The number of benzene rings is 2. The zero-order valence-corrected chi connectivity index (χ0v) is 30.3. The highest BCUT2D eigenvalue weighted by molar-refractivity contribution is 7.60. The van der Waals surface area contributed by atoms with Gasteiger partial charge in [0.05, 0.1) is 36.1 Å². The molecule has 1 saturated heterocycles. The fourth-order valence-corrected chi connectivity index (χ4v) is 6.56. The summed E-state index contributed by atoms with van der Waals surface area (Å²) in [6.45, 7) is 6.07. The number of carbonyl (C=O) groups is 5. The summed E-state index contributed by atoms with van der Waals surface area (Å²) in [5.74, 6) is -2.45. The van der Waals surface area contributed by atoms with Crippen LogP contribution in [-0.2, 0) is 23.8 Å². The average Bonchev–Trinajstić information content (AvgIpc) is 3.80. The first kappa shape index (κ1) is 39.8. The van der Waals surface area contributed by atoms with Crippen LogP contribution in [0.4, 0.5) is 5.69 Å². The maximum atomic E-state index is 13.5. The zero-order valence-electron chi connectivity index (χ0n) is 29.4. The molecule has 3 aromatic rings. The second-order valence-electron chi connectivity index (χ2n) is 12.2. The van der Waals surface area contributed by atoms with Crippen molar-refractivity contribution in [2.24, 2.45) is 5.92 Å². The highest BCUT2D eigenvalue weighted by Crippen LogP contribution is 2.37. The molecule has 1 aromatic heterocycles. The molecule has 0 radical (unpaired) electrons. The first-order chi connectivity index (χ1) is 24.9. The van der Waals surface area contributed by atoms with Crippen LogP contribution in [0.1, 0.15) is 86.6 Å². The van der Waals surface area contributed by atoms with Gasteiger partial charge >= 0.3 is 13.6 Å². The van der Waals surface area contributed by atoms with Gasteiger partial charge < -0.3 is 39.3 Å². The van der Waals surface area contributed by atoms with Crippen LogP contribution in [0.2, 0.25) is 0 Å². The number of furan rings is 1. The molecule has 1 fully saturated rings. The summed E-state index contributed by atoms with van der Waals surface area (Å²) in [7, 11) is -4.62. The number of nitrogens with one attached hydrogen (secondary N) is 2. The molecular weight excluding hydrogens is 695 g/mol. The Hall–Kier alpha value is -4.98. The van der Waals surface area contributed by atoms with Crippen molar-refractivity contribution in [2.75, 3.05) is 24.7 Å². The molecule has 4 amide bonds. The summed E-state index contributed by atoms with van der Waals surface area (Å²) in [5.41, 5.74) is 1.11. The molecule has 280 valence electrons. The van der Waals surface area contributed by atoms with E-state index in [9.17, 15) is 38.3 Å². The fraction of sp³-hybridized carbons (Fsp3) is 0.417. The Balaban J connectivity index is 1.40. The minimum Gasteiger partial charge on any atom is -0.494 e. The number of hydroxylamine groups is 2. The topological polar surface area (TPSA) is 205 Å². The van der Waals surface area contributed by atoms with E-state index in [1.165, 1.54) is 42.5 Å². The Morgan fingerprint density at radius 3 is 2.40 bits per heavy atom. The third kappa shape index (κ3) is 10.3. The number of nitrogens with zero attached hydrogens (tertiary/aromatic N) is 2. The van der Waals surface area contributed by atoms with E-state index in [1.54, 1.807) is 30.9 Å². The van der Waals surface area contributed by atoms with E-state index in [0.717, 1.165) is 24.3 Å². The Morgan fingerprint density at radius 2 is 1.79 bits per heavy atom. The van der Waals surface area contributed by atoms with Crippen molar-refractivity contribution in [3.63, 3.8) is 0 Å². The predicted molar refractivity (Wildman–Crippen MR) is 191 cm³/mol. The number of anilines is 1. The lowest BCUT2D eigenvalue weighted by atomic mass is 9.90. The first-order valence-corrected chi connectivity index (χ1v) is 18.9. The van der Waals surface area contributed by atoms with Crippen LogP contribution in [0.5, 0.6) is 5.75 Å². The van der Waals surface area contributed by atoms with E-state index in [-0.39, 0.29) is 59.3 Å². The normalized spacial score (nSPS) is 14.0. The molecule has 16 heteroatoms. The number of hydrogen-bond acceptors (Lipinski definition) is 9. The quantitative estimate of drug-likeness (QED) is 0.0449. The van der Waals surface area contributed by atoms with Crippen molar-refractivity contribution in [1.29, 1.82) is 0 Å². The highest BCUT2D eigenvalue weighted by Gasteiger charge is 2.34. The second kappa shape index (κ2) is 18.5. The van der Waals surface area contributed by atoms with Crippen molar-refractivity contribution >= 4 is 48.7 Å². The van der Waals surface area contributed by atoms with Crippen molar-refractivity contribution in [1.82, 2.24) is 15.7 Å². The minimum absolute atomic E-state index is 0.0105. The number of unbranched alkanes of at least 4 members (excludes halogenated alkanes) is 2. The Kier molecular flexibility index (Phi) is 14.2. The molecule has 2 aromatic carbocycles. The van der Waals surface area contributed by atoms with E-state index in [2.05, 4.69) is 10.6 Å². The molecule has 0 bridgehead atoms. The van der Waals surface area contributed by atoms with Gasteiger partial charge in [0.1, 0.15) is 11.5 Å². The molecule has 4 N–H and O–H groups in total. The molecule has 0 spiro atoms. The number of carbonyl (C=O) groups excluding carboxylic acids is 5. The van der Waals surface area contributed by atoms with Crippen LogP contribution in [0.25, 0.3) is 11.3 Å². The Labute approximate surface area is 301 Å². The molecular formula is C36H45N4O11P. The summed E-state index contributed by atoms with van der Waals surface area (Å²) in [4.78, 5) is 90.3. The molecule has 1 aliphatic heterocycles. The van der Waals surface area contributed by atoms with Gasteiger partial charge in [-0.1, -0.05) is 33.1 Å². The Bertz CT molecular complexity index is 1770. The largest absolute Gasteiger partial charge is 0.494 e. The molecule has 2 atom stereocenters. The van der Waals surface area contributed by atoms with Crippen LogP contribution in [-0.4, -0.2) is 70.8 Å². The highest BCUT2D eigenvalue weighted by atomic mass is 31.2. The molecule has 15 nitrogen and oxygen atoms in total. The lowest BCUT2D eigenvalue weighted by molar-refractivity contribution is -0.171. The van der Waals surface area contributed by atoms with Gasteiger partial charge in [0, 0.05) is 24.2 Å². The van der Waals surface area contributed by atoms with Crippen LogP contribution in [0, 0.1) is 5.92 Å². The lowest BCUT2D eigenvalue weighted by Crippen LogP contribution is -2.49. The molecule has 1 unspecified atom stereocenters. The van der Waals surface area contributed by atoms with Crippen LogP contribution >= 0.6 is 7.60 Å². The molecule has 0 saturated carbocycles. The third-order valence-electron chi connectivity index (χ3n) is 8.61. The van der Waals surface area contributed by atoms with E-state index in [0.29, 0.717) is 37.9 Å². The fourth-order valence-electron chi connectivity index (χ4n) is 5.96. The van der Waals surface area contributed by atoms with Crippen molar-refractivity contribution in [3.05, 3.63) is 65.9 Å². The minimum atomic E-state index is -4.62. The monoisotopic (exact) mass is 740 g/mol. The van der Waals surface area contributed by atoms with Gasteiger partial charge in [-0.05, 0) is 80.8 Å². The van der Waals surface area contributed by atoms with Gasteiger partial charge in [-0.3, -0.25) is 23.7 Å². The van der Waals surface area contributed by atoms with Gasteiger partial charge in [0.15, 0.2) is 5.76 Å². The third-order valence-corrected chi connectivity index (χ3v) is 9.54. The second-order valence-corrected chi connectivity index (χ2v) is 13.8. The number of amides is 4. The van der Waals surface area contributed by atoms with E-state index in [4.69, 9.17) is 14.0 Å². The summed E-state index contributed by atoms with van der Waals surface area (Å²) in [6, 6.07) is 12.4. The predicted octanol–water partition coefficient (Wildman–Crippen LogP) is 4.28. The van der Waals surface area contributed by atoms with Gasteiger partial charge in [-0.25, -0.2) is 4.79 Å². The smallest absolute Gasteiger partial charge is 0.363 e. The molecule has 0 aliphatic carbocycles. The summed E-state index contributed by atoms with van der Waals surface area (Å²) >= 11 is 0. The van der Waals surface area contributed by atoms with Crippen LogP contribution < -0.4 is 25.6 Å². The summed E-state index contributed by atoms with van der Waals surface area (Å²) in [5, 5.41) is 5.82. The molecule has 1 aliphatic rings. The average molecular weight is 741 g/mol. The van der Waals surface area contributed by atoms with Crippen molar-refractivity contribution in [3.8, 4) is 17.1 Å². The van der Waals surface area contributed by atoms with E-state index in [1.807, 2.05) is 6.92 Å². The molecule has 52 heavy (non-hydrogen) atoms. The number of hydrogen-bond donors (Lipinski definition) is 4. The molecule has 4 rings (SSSR count). The van der Waals surface area contributed by atoms with Gasteiger partial charge in [-0.2, -0.15) is 5.06 Å². The lowest BCUT2D eigenvalue weighted by Gasteiger charge is -2.31. The summed E-state index contributed by atoms with van der Waals surface area (Å²) < 4.78 is 23.0. The standard InChI is InChI=1S/C36H45N4O11P/c1-4-7-8-10-29(30(5-2)40(23-41)51-36(45)24-12-14-26(15-13-24)39-18-9-11-33(39)42)34(43)37-22-38-35(44)32-17-16-31(50-32)25-19-27(49-6-3)21-28(20-25)52(46,47)48/h12-17,19-21,23,29-30H,4-11,18,22H2,1-3H3,(H,37,43)(H,38,44)(H2,46,47,48)/t29?,30-/m1/s1. The first-order valence-electron chi connectivity index (χ1n) is 17.3. The van der Waals surface area contributed by atoms with Crippen molar-refractivity contribution < 1.29 is 52.3 Å². The van der Waals surface area contributed by atoms with Crippen LogP contribution in [0.15, 0.2) is 59.0 Å². The molecule has 2 heterocycles. The summed E-state index contributed by atoms with van der Waals surface area (Å²) in [6.07, 6.45) is 4.63. The Morgan fingerprint density at radius 1 is 1.04 bits per heavy atom. The van der Waals surface area contributed by atoms with Gasteiger partial charge in [0.2, 0.25) is 18.2 Å². The van der Waals surface area contributed by atoms with Gasteiger partial charge in [0.25, 0.3) is 5.91 Å². The number of ether oxygens (including phenoxy) is 1. The van der Waals surface area contributed by atoms with Gasteiger partial charge in [-0.15, -0.1) is 0 Å². The van der Waals surface area contributed by atoms with E-state index >= 15 is 0 Å². The van der Waals surface area contributed by atoms with E-state index < -0.39 is 37.3 Å². The van der Waals surface area contributed by atoms with Crippen LogP contribution in [0.3, 0.4) is 0 Å². The maximum absolute atomic E-state index is 13.5. The SMILES string of the molecule is CCCCCC(C(=O)NCNC(=O)c1ccc(-c2cc(OCC)cc(P(=O)(O)O)c2)o1)[C@@H](CC)N(C=O)OC(=O)c1ccc(N2CCCC2=O)cc1.